The van der Waals surface area contributed by atoms with Crippen LogP contribution in [-0.2, 0) is 0 Å². The van der Waals surface area contributed by atoms with Crippen LogP contribution in [0.5, 0.6) is 0 Å². The minimum absolute atomic E-state index is 0.0544. The van der Waals surface area contributed by atoms with Gasteiger partial charge in [-0.25, -0.2) is 4.98 Å². The number of nitro benzene ring substituents is 1. The van der Waals surface area contributed by atoms with Gasteiger partial charge in [-0.2, -0.15) is 10.1 Å². The third kappa shape index (κ3) is 1.92. The molecule has 1 aromatic carbocycles. The Kier molecular flexibility index (Phi) is 2.49. The molecule has 0 saturated carbocycles. The van der Waals surface area contributed by atoms with Crippen molar-refractivity contribution in [2.24, 2.45) is 0 Å². The summed E-state index contributed by atoms with van der Waals surface area (Å²) in [6.07, 6.45) is 1.30. The third-order valence-electron chi connectivity index (χ3n) is 2.38. The molecule has 9 heteroatoms. The molecule has 0 radical (unpaired) electrons. The van der Waals surface area contributed by atoms with Gasteiger partial charge >= 0.3 is 0 Å². The zero-order chi connectivity index (χ0) is 13.2. The lowest BCUT2D eigenvalue weighted by Crippen LogP contribution is -1.91. The number of nitro groups is 1. The van der Waals surface area contributed by atoms with Crippen molar-refractivity contribution in [3.63, 3.8) is 0 Å². The lowest BCUT2D eigenvalue weighted by molar-refractivity contribution is -0.384. The summed E-state index contributed by atoms with van der Waals surface area (Å²) in [5.74, 6) is 0.568. The molecule has 0 atom stereocenters. The van der Waals surface area contributed by atoms with Gasteiger partial charge in [0.2, 0.25) is 5.82 Å². The quantitative estimate of drug-likeness (QED) is 0.556. The molecule has 0 aliphatic heterocycles. The van der Waals surface area contributed by atoms with E-state index in [1.54, 1.807) is 12.1 Å². The van der Waals surface area contributed by atoms with Crippen LogP contribution >= 0.6 is 0 Å². The zero-order valence-corrected chi connectivity index (χ0v) is 9.35. The molecule has 3 aromatic rings. The third-order valence-corrected chi connectivity index (χ3v) is 2.38. The molecule has 0 saturated heterocycles. The van der Waals surface area contributed by atoms with E-state index in [1.165, 1.54) is 18.5 Å². The number of benzene rings is 1. The Hall–Kier alpha value is -3.10. The molecule has 0 fully saturated rings. The number of hydrogen-bond acceptors (Lipinski definition) is 7. The van der Waals surface area contributed by atoms with Crippen molar-refractivity contribution in [1.82, 2.24) is 25.3 Å². The molecular formula is C10H6N6O3. The fraction of sp³-hybridized carbons (Fsp3) is 0. The molecule has 0 bridgehead atoms. The number of aromatic nitrogens is 5. The highest BCUT2D eigenvalue weighted by molar-refractivity contribution is 5.67. The Balaban J connectivity index is 2.06. The topological polar surface area (TPSA) is 124 Å². The predicted molar refractivity (Wildman–Crippen MR) is 61.8 cm³/mol. The van der Waals surface area contributed by atoms with Gasteiger partial charge in [-0.1, -0.05) is 17.3 Å². The first-order valence-corrected chi connectivity index (χ1v) is 5.19. The van der Waals surface area contributed by atoms with Gasteiger partial charge < -0.3 is 4.52 Å². The normalized spacial score (nSPS) is 10.5. The Morgan fingerprint density at radius 1 is 1.32 bits per heavy atom. The summed E-state index contributed by atoms with van der Waals surface area (Å²) in [6, 6.07) is 6.12. The van der Waals surface area contributed by atoms with Crippen LogP contribution in [0.4, 0.5) is 5.69 Å². The smallest absolute Gasteiger partial charge is 0.282 e. The van der Waals surface area contributed by atoms with Gasteiger partial charge in [0.05, 0.1) is 4.92 Å². The monoisotopic (exact) mass is 258 g/mol. The van der Waals surface area contributed by atoms with Crippen molar-refractivity contribution in [3.8, 4) is 23.1 Å². The van der Waals surface area contributed by atoms with Crippen molar-refractivity contribution in [2.75, 3.05) is 0 Å². The van der Waals surface area contributed by atoms with E-state index in [9.17, 15) is 10.1 Å². The van der Waals surface area contributed by atoms with Crippen LogP contribution < -0.4 is 0 Å². The van der Waals surface area contributed by atoms with E-state index in [4.69, 9.17) is 4.52 Å². The minimum Gasteiger partial charge on any atom is -0.333 e. The molecule has 2 heterocycles. The Morgan fingerprint density at radius 2 is 2.16 bits per heavy atom. The van der Waals surface area contributed by atoms with Crippen LogP contribution in [-0.4, -0.2) is 30.2 Å². The molecule has 0 amide bonds. The van der Waals surface area contributed by atoms with Gasteiger partial charge in [0.1, 0.15) is 11.9 Å². The summed E-state index contributed by atoms with van der Waals surface area (Å²) in [4.78, 5) is 18.3. The van der Waals surface area contributed by atoms with Crippen LogP contribution in [0.3, 0.4) is 0 Å². The van der Waals surface area contributed by atoms with Crippen LogP contribution in [0, 0.1) is 10.1 Å². The summed E-state index contributed by atoms with van der Waals surface area (Å²) < 4.78 is 5.01. The van der Waals surface area contributed by atoms with Crippen molar-refractivity contribution < 1.29 is 9.45 Å². The second-order valence-corrected chi connectivity index (χ2v) is 3.53. The van der Waals surface area contributed by atoms with Crippen molar-refractivity contribution in [1.29, 1.82) is 0 Å². The maximum atomic E-state index is 10.9. The van der Waals surface area contributed by atoms with Gasteiger partial charge in [-0.3, -0.25) is 15.2 Å². The lowest BCUT2D eigenvalue weighted by Gasteiger charge is -1.95. The second kappa shape index (κ2) is 4.29. The highest BCUT2D eigenvalue weighted by Crippen LogP contribution is 2.28. The highest BCUT2D eigenvalue weighted by atomic mass is 16.6. The molecule has 1 N–H and O–H groups in total. The van der Waals surface area contributed by atoms with E-state index in [-0.39, 0.29) is 23.0 Å². The number of nitrogens with one attached hydrogen (secondary N) is 1. The molecule has 0 aliphatic carbocycles. The van der Waals surface area contributed by atoms with E-state index >= 15 is 0 Å². The fourth-order valence-corrected chi connectivity index (χ4v) is 1.56. The second-order valence-electron chi connectivity index (χ2n) is 3.53. The summed E-state index contributed by atoms with van der Waals surface area (Å²) in [5, 5.41) is 20.8. The van der Waals surface area contributed by atoms with Gasteiger partial charge in [0.25, 0.3) is 11.6 Å². The Morgan fingerprint density at radius 3 is 2.89 bits per heavy atom. The summed E-state index contributed by atoms with van der Waals surface area (Å²) in [6.45, 7) is 0. The Bertz CT molecular complexity index is 720. The van der Waals surface area contributed by atoms with Gasteiger partial charge in [0.15, 0.2) is 5.82 Å². The molecular weight excluding hydrogens is 252 g/mol. The minimum atomic E-state index is -0.506. The molecule has 0 spiro atoms. The lowest BCUT2D eigenvalue weighted by atomic mass is 10.2. The number of H-pyrrole nitrogens is 1. The number of para-hydroxylation sites is 1. The fourth-order valence-electron chi connectivity index (χ4n) is 1.56. The van der Waals surface area contributed by atoms with Gasteiger partial charge in [-0.15, -0.1) is 0 Å². The van der Waals surface area contributed by atoms with E-state index in [2.05, 4.69) is 25.3 Å². The maximum Gasteiger partial charge on any atom is 0.282 e. The largest absolute Gasteiger partial charge is 0.333 e. The molecule has 3 rings (SSSR count). The van der Waals surface area contributed by atoms with Crippen LogP contribution in [0.1, 0.15) is 0 Å². The average molecular weight is 258 g/mol. The van der Waals surface area contributed by atoms with Crippen LogP contribution in [0.2, 0.25) is 0 Å². The summed E-state index contributed by atoms with van der Waals surface area (Å²) >= 11 is 0. The maximum absolute atomic E-state index is 10.9. The standard InChI is InChI=1S/C10H6N6O3/c17-16(18)7-4-2-1-3-6(7)10-13-9(15-19-10)8-11-5-12-14-8/h1-5H,(H,11,12,14). The molecule has 19 heavy (non-hydrogen) atoms. The van der Waals surface area contributed by atoms with E-state index in [0.29, 0.717) is 5.82 Å². The predicted octanol–water partition coefficient (Wildman–Crippen LogP) is 1.43. The van der Waals surface area contributed by atoms with Crippen molar-refractivity contribution in [3.05, 3.63) is 40.7 Å². The summed E-state index contributed by atoms with van der Waals surface area (Å²) in [7, 11) is 0. The molecule has 2 aromatic heterocycles. The van der Waals surface area contributed by atoms with Crippen molar-refractivity contribution >= 4 is 5.69 Å². The summed E-state index contributed by atoms with van der Waals surface area (Å²) in [5.41, 5.74) is 0.154. The Labute approximate surface area is 105 Å². The highest BCUT2D eigenvalue weighted by Gasteiger charge is 2.20. The van der Waals surface area contributed by atoms with Gasteiger partial charge in [-0.05, 0) is 6.07 Å². The zero-order valence-electron chi connectivity index (χ0n) is 9.35. The van der Waals surface area contributed by atoms with E-state index < -0.39 is 4.92 Å². The molecule has 9 nitrogen and oxygen atoms in total. The first-order chi connectivity index (χ1) is 9.25. The first-order valence-electron chi connectivity index (χ1n) is 5.19. The number of hydrogen-bond donors (Lipinski definition) is 1. The van der Waals surface area contributed by atoms with E-state index in [0.717, 1.165) is 0 Å². The van der Waals surface area contributed by atoms with Crippen LogP contribution in [0.25, 0.3) is 23.1 Å². The number of rotatable bonds is 3. The van der Waals surface area contributed by atoms with Crippen LogP contribution in [0.15, 0.2) is 35.1 Å². The SMILES string of the molecule is O=[N+]([O-])c1ccccc1-c1nc(-c2ncn[nH]2)no1. The first kappa shape index (κ1) is 11.0. The number of aromatic amines is 1. The number of nitrogens with zero attached hydrogens (tertiary/aromatic N) is 5. The molecule has 94 valence electrons. The van der Waals surface area contributed by atoms with E-state index in [1.807, 2.05) is 0 Å². The average Bonchev–Trinajstić information content (AvgIpc) is 3.09. The molecule has 0 unspecified atom stereocenters. The van der Waals surface area contributed by atoms with Crippen molar-refractivity contribution in [2.45, 2.75) is 0 Å². The van der Waals surface area contributed by atoms with Gasteiger partial charge in [0, 0.05) is 6.07 Å². The molecule has 0 aliphatic rings.